The highest BCUT2D eigenvalue weighted by Gasteiger charge is 2.17. The molecule has 0 aliphatic heterocycles. The van der Waals surface area contributed by atoms with Gasteiger partial charge >= 0.3 is 0 Å². The van der Waals surface area contributed by atoms with E-state index in [2.05, 4.69) is 20.9 Å². The lowest BCUT2D eigenvalue weighted by Crippen LogP contribution is -2.00. The van der Waals surface area contributed by atoms with Crippen LogP contribution in [-0.4, -0.2) is 21.3 Å². The van der Waals surface area contributed by atoms with Crippen molar-refractivity contribution in [2.75, 3.05) is 6.61 Å². The van der Waals surface area contributed by atoms with Crippen molar-refractivity contribution in [1.82, 2.24) is 9.55 Å². The van der Waals surface area contributed by atoms with E-state index in [9.17, 15) is 4.39 Å². The van der Waals surface area contributed by atoms with Gasteiger partial charge in [0.1, 0.15) is 22.5 Å². The maximum absolute atomic E-state index is 13.8. The molecule has 6 heteroatoms. The van der Waals surface area contributed by atoms with Crippen LogP contribution in [0.1, 0.15) is 5.82 Å². The summed E-state index contributed by atoms with van der Waals surface area (Å²) in [5.41, 5.74) is 0.732. The highest BCUT2D eigenvalue weighted by Crippen LogP contribution is 2.31. The average molecular weight is 334 g/mol. The zero-order valence-electron chi connectivity index (χ0n) is 9.62. The number of nitrogens with zero attached hydrogens (tertiary/aromatic N) is 2. The van der Waals surface area contributed by atoms with E-state index in [1.54, 1.807) is 23.7 Å². The lowest BCUT2D eigenvalue weighted by molar-refractivity contribution is 0.295. The Balaban J connectivity index is 2.57. The van der Waals surface area contributed by atoms with Gasteiger partial charge in [-0.25, -0.2) is 9.37 Å². The first-order valence-electron chi connectivity index (χ1n) is 5.32. The van der Waals surface area contributed by atoms with Gasteiger partial charge in [0.15, 0.2) is 0 Å². The Morgan fingerprint density at radius 2 is 2.22 bits per heavy atom. The van der Waals surface area contributed by atoms with E-state index < -0.39 is 0 Å². The van der Waals surface area contributed by atoms with Crippen molar-refractivity contribution in [3.8, 4) is 11.3 Å². The summed E-state index contributed by atoms with van der Waals surface area (Å²) >= 11 is 9.44. The number of hydrogen-bond acceptors (Lipinski definition) is 2. The predicted octanol–water partition coefficient (Wildman–Crippen LogP) is 3.18. The van der Waals surface area contributed by atoms with Crippen LogP contribution in [0.3, 0.4) is 0 Å². The summed E-state index contributed by atoms with van der Waals surface area (Å²) in [6.07, 6.45) is 0.381. The number of imidazole rings is 1. The Morgan fingerprint density at radius 1 is 1.50 bits per heavy atom. The van der Waals surface area contributed by atoms with E-state index in [0.717, 1.165) is 4.47 Å². The fourth-order valence-corrected chi connectivity index (χ4v) is 2.30. The Labute approximate surface area is 117 Å². The Morgan fingerprint density at radius 3 is 2.89 bits per heavy atom. The van der Waals surface area contributed by atoms with Gasteiger partial charge in [-0.2, -0.15) is 0 Å². The zero-order chi connectivity index (χ0) is 13.3. The minimum absolute atomic E-state index is 0.0262. The molecule has 3 nitrogen and oxygen atoms in total. The molecule has 0 unspecified atom stereocenters. The van der Waals surface area contributed by atoms with Gasteiger partial charge in [0.25, 0.3) is 0 Å². The topological polar surface area (TPSA) is 38.0 Å². The molecule has 1 aromatic carbocycles. The second kappa shape index (κ2) is 5.38. The van der Waals surface area contributed by atoms with Crippen LogP contribution in [0.25, 0.3) is 11.3 Å². The molecule has 0 saturated carbocycles. The first-order valence-corrected chi connectivity index (χ1v) is 6.49. The molecule has 1 N–H and O–H groups in total. The third-order valence-corrected chi connectivity index (χ3v) is 3.56. The van der Waals surface area contributed by atoms with Crippen molar-refractivity contribution >= 4 is 27.5 Å². The molecule has 0 spiro atoms. The number of aliphatic hydroxyl groups is 1. The molecular formula is C12H11BrClFN2O. The highest BCUT2D eigenvalue weighted by atomic mass is 79.9. The third kappa shape index (κ3) is 2.43. The van der Waals surface area contributed by atoms with E-state index in [4.69, 9.17) is 16.7 Å². The molecule has 2 aromatic rings. The fourth-order valence-electron chi connectivity index (χ4n) is 1.70. The second-order valence-corrected chi connectivity index (χ2v) is 5.10. The molecule has 2 rings (SSSR count). The Hall–Kier alpha value is -0.910. The largest absolute Gasteiger partial charge is 0.396 e. The molecule has 1 aromatic heterocycles. The predicted molar refractivity (Wildman–Crippen MR) is 72.1 cm³/mol. The van der Waals surface area contributed by atoms with Crippen molar-refractivity contribution in [3.05, 3.63) is 39.5 Å². The monoisotopic (exact) mass is 332 g/mol. The summed E-state index contributed by atoms with van der Waals surface area (Å²) < 4.78 is 16.2. The van der Waals surface area contributed by atoms with Crippen LogP contribution in [0.15, 0.2) is 22.7 Å². The smallest absolute Gasteiger partial charge is 0.136 e. The van der Waals surface area contributed by atoms with E-state index in [0.29, 0.717) is 28.7 Å². The molecule has 0 radical (unpaired) electrons. The molecule has 0 aliphatic rings. The standard InChI is InChI=1S/C12H11BrClFN2O/c1-17-10(4-5-18)16-11(12(17)14)8-6-7(13)2-3-9(8)15/h2-3,6,18H,4-5H2,1H3. The number of aromatic nitrogens is 2. The summed E-state index contributed by atoms with van der Waals surface area (Å²) in [6, 6.07) is 4.60. The van der Waals surface area contributed by atoms with Gasteiger partial charge in [0.05, 0.1) is 6.61 Å². The summed E-state index contributed by atoms with van der Waals surface area (Å²) in [5.74, 6) is 0.241. The maximum atomic E-state index is 13.8. The summed E-state index contributed by atoms with van der Waals surface area (Å²) in [4.78, 5) is 4.28. The fraction of sp³-hybridized carbons (Fsp3) is 0.250. The normalized spacial score (nSPS) is 10.9. The van der Waals surface area contributed by atoms with Crippen LogP contribution in [-0.2, 0) is 13.5 Å². The molecule has 0 amide bonds. The van der Waals surface area contributed by atoms with E-state index >= 15 is 0 Å². The van der Waals surface area contributed by atoms with Gasteiger partial charge in [-0.15, -0.1) is 0 Å². The SMILES string of the molecule is Cn1c(CCO)nc(-c2cc(Br)ccc2F)c1Cl. The second-order valence-electron chi connectivity index (χ2n) is 3.82. The number of rotatable bonds is 3. The van der Waals surface area contributed by atoms with Crippen LogP contribution >= 0.6 is 27.5 Å². The van der Waals surface area contributed by atoms with Gasteiger partial charge in [-0.3, -0.25) is 0 Å². The third-order valence-electron chi connectivity index (χ3n) is 2.64. The average Bonchev–Trinajstić information content (AvgIpc) is 2.61. The highest BCUT2D eigenvalue weighted by molar-refractivity contribution is 9.10. The Kier molecular flexibility index (Phi) is 4.04. The first kappa shape index (κ1) is 13.5. The van der Waals surface area contributed by atoms with Crippen LogP contribution in [0.2, 0.25) is 5.15 Å². The van der Waals surface area contributed by atoms with E-state index in [1.165, 1.54) is 6.07 Å². The van der Waals surface area contributed by atoms with Crippen LogP contribution in [0.5, 0.6) is 0 Å². The molecule has 0 saturated heterocycles. The molecule has 0 atom stereocenters. The van der Waals surface area contributed by atoms with Crippen molar-refractivity contribution in [3.63, 3.8) is 0 Å². The summed E-state index contributed by atoms with van der Waals surface area (Å²) in [7, 11) is 1.74. The van der Waals surface area contributed by atoms with E-state index in [-0.39, 0.29) is 12.4 Å². The molecular weight excluding hydrogens is 322 g/mol. The molecule has 1 heterocycles. The lowest BCUT2D eigenvalue weighted by Gasteiger charge is -2.01. The minimum atomic E-state index is -0.381. The summed E-state index contributed by atoms with van der Waals surface area (Å²) in [6.45, 7) is -0.0262. The molecule has 96 valence electrons. The molecule has 0 fully saturated rings. The molecule has 0 aliphatic carbocycles. The number of benzene rings is 1. The van der Waals surface area contributed by atoms with E-state index in [1.807, 2.05) is 0 Å². The zero-order valence-corrected chi connectivity index (χ0v) is 12.0. The van der Waals surface area contributed by atoms with Gasteiger partial charge in [0.2, 0.25) is 0 Å². The number of aliphatic hydroxyl groups excluding tert-OH is 1. The van der Waals surface area contributed by atoms with Gasteiger partial charge in [-0.05, 0) is 18.2 Å². The van der Waals surface area contributed by atoms with Crippen LogP contribution < -0.4 is 0 Å². The van der Waals surface area contributed by atoms with Crippen molar-refractivity contribution in [2.45, 2.75) is 6.42 Å². The maximum Gasteiger partial charge on any atom is 0.136 e. The van der Waals surface area contributed by atoms with Gasteiger partial charge in [-0.1, -0.05) is 27.5 Å². The number of halogens is 3. The van der Waals surface area contributed by atoms with Crippen LogP contribution in [0.4, 0.5) is 4.39 Å². The van der Waals surface area contributed by atoms with Crippen molar-refractivity contribution < 1.29 is 9.50 Å². The van der Waals surface area contributed by atoms with Gasteiger partial charge < -0.3 is 9.67 Å². The molecule has 0 bridgehead atoms. The lowest BCUT2D eigenvalue weighted by atomic mass is 10.1. The van der Waals surface area contributed by atoms with Crippen molar-refractivity contribution in [2.24, 2.45) is 7.05 Å². The minimum Gasteiger partial charge on any atom is -0.396 e. The Bertz CT molecular complexity index is 586. The van der Waals surface area contributed by atoms with Crippen LogP contribution in [0, 0.1) is 5.82 Å². The van der Waals surface area contributed by atoms with Crippen molar-refractivity contribution in [1.29, 1.82) is 0 Å². The quantitative estimate of drug-likeness (QED) is 0.937. The first-order chi connectivity index (χ1) is 8.54. The summed E-state index contributed by atoms with van der Waals surface area (Å²) in [5, 5.41) is 9.29. The number of hydrogen-bond donors (Lipinski definition) is 1. The molecule has 18 heavy (non-hydrogen) atoms. The van der Waals surface area contributed by atoms with Gasteiger partial charge in [0, 0.05) is 23.5 Å².